The lowest BCUT2D eigenvalue weighted by Crippen LogP contribution is -2.44. The number of hydrogen-bond acceptors (Lipinski definition) is 6. The van der Waals surface area contributed by atoms with Crippen molar-refractivity contribution in [3.63, 3.8) is 0 Å². The minimum Gasteiger partial charge on any atom is -0.493 e. The normalized spacial score (nSPS) is 12.9. The summed E-state index contributed by atoms with van der Waals surface area (Å²) in [5, 5.41) is 0. The molecule has 2 aromatic rings. The molecule has 0 atom stereocenters. The zero-order chi connectivity index (χ0) is 25.2. The molecule has 2 amide bonds. The molecule has 1 aromatic carbocycles. The Hall–Kier alpha value is -2.58. The van der Waals surface area contributed by atoms with Gasteiger partial charge in [-0.05, 0) is 69.4 Å². The molecule has 192 valence electrons. The summed E-state index contributed by atoms with van der Waals surface area (Å²) >= 11 is 1.70. The van der Waals surface area contributed by atoms with Crippen molar-refractivity contribution in [1.82, 2.24) is 9.80 Å². The molecular weight excluding hydrogens is 464 g/mol. The van der Waals surface area contributed by atoms with E-state index in [-0.39, 0.29) is 24.3 Å². The topological polar surface area (TPSA) is 68.3 Å². The summed E-state index contributed by atoms with van der Waals surface area (Å²) in [5.41, 5.74) is 1.06. The second kappa shape index (κ2) is 13.5. The maximum Gasteiger partial charge on any atom is 0.242 e. The fraction of sp³-hybridized carbons (Fsp3) is 0.556. The van der Waals surface area contributed by atoms with E-state index in [2.05, 4.69) is 19.1 Å². The number of nitrogens with zero attached hydrogens (tertiary/aromatic N) is 2. The number of benzene rings is 1. The first-order valence-electron chi connectivity index (χ1n) is 12.4. The van der Waals surface area contributed by atoms with Gasteiger partial charge in [0.2, 0.25) is 11.8 Å². The third-order valence-electron chi connectivity index (χ3n) is 6.10. The maximum absolute atomic E-state index is 13.5. The quantitative estimate of drug-likeness (QED) is 0.340. The van der Waals surface area contributed by atoms with Crippen LogP contribution in [0.2, 0.25) is 0 Å². The second-order valence-electron chi connectivity index (χ2n) is 8.85. The Bertz CT molecular complexity index is 972. The van der Waals surface area contributed by atoms with E-state index in [0.717, 1.165) is 29.7 Å². The second-order valence-corrected chi connectivity index (χ2v) is 10.2. The summed E-state index contributed by atoms with van der Waals surface area (Å²) < 4.78 is 16.2. The molecule has 1 heterocycles. The predicted molar refractivity (Wildman–Crippen MR) is 138 cm³/mol. The highest BCUT2D eigenvalue weighted by atomic mass is 32.1. The minimum atomic E-state index is -0.0260. The van der Waals surface area contributed by atoms with Crippen molar-refractivity contribution in [2.75, 3.05) is 47.1 Å². The van der Waals surface area contributed by atoms with Crippen molar-refractivity contribution in [2.45, 2.75) is 46.1 Å². The van der Waals surface area contributed by atoms with Crippen LogP contribution >= 0.6 is 11.3 Å². The zero-order valence-corrected chi connectivity index (χ0v) is 22.2. The Balaban J connectivity index is 1.70. The number of hydrogen-bond donors (Lipinski definition) is 0. The monoisotopic (exact) mass is 502 g/mol. The van der Waals surface area contributed by atoms with Crippen LogP contribution in [-0.4, -0.2) is 68.7 Å². The van der Waals surface area contributed by atoms with E-state index in [1.165, 1.54) is 4.88 Å². The van der Waals surface area contributed by atoms with E-state index >= 15 is 0 Å². The van der Waals surface area contributed by atoms with Gasteiger partial charge in [0.05, 0.1) is 27.3 Å². The molecule has 7 nitrogen and oxygen atoms in total. The van der Waals surface area contributed by atoms with Crippen LogP contribution in [0.1, 0.15) is 41.5 Å². The molecule has 35 heavy (non-hydrogen) atoms. The smallest absolute Gasteiger partial charge is 0.242 e. The van der Waals surface area contributed by atoms with Crippen LogP contribution in [0, 0.1) is 12.8 Å². The van der Waals surface area contributed by atoms with Crippen molar-refractivity contribution in [3.8, 4) is 11.5 Å². The summed E-state index contributed by atoms with van der Waals surface area (Å²) in [7, 11) is 3.23. The lowest BCUT2D eigenvalue weighted by Gasteiger charge is -2.28. The molecule has 1 aliphatic rings. The Kier molecular flexibility index (Phi) is 10.4. The molecule has 0 saturated heterocycles. The first kappa shape index (κ1) is 27.0. The average Bonchev–Trinajstić information content (AvgIpc) is 3.64. The van der Waals surface area contributed by atoms with Crippen molar-refractivity contribution in [1.29, 1.82) is 0 Å². The molecule has 8 heteroatoms. The number of amides is 2. The summed E-state index contributed by atoms with van der Waals surface area (Å²) in [4.78, 5) is 32.4. The van der Waals surface area contributed by atoms with Crippen molar-refractivity contribution in [3.05, 3.63) is 45.6 Å². The Morgan fingerprint density at radius 2 is 1.80 bits per heavy atom. The van der Waals surface area contributed by atoms with Gasteiger partial charge in [0.25, 0.3) is 0 Å². The van der Waals surface area contributed by atoms with Crippen LogP contribution in [0.4, 0.5) is 0 Å². The number of aryl methyl sites for hydroxylation is 1. The molecule has 0 aliphatic heterocycles. The van der Waals surface area contributed by atoms with Crippen molar-refractivity contribution in [2.24, 2.45) is 5.92 Å². The molecule has 3 rings (SSSR count). The highest BCUT2D eigenvalue weighted by molar-refractivity contribution is 7.11. The van der Waals surface area contributed by atoms with Gasteiger partial charge in [-0.25, -0.2) is 0 Å². The minimum absolute atomic E-state index is 0.0260. The standard InChI is InChI=1S/C27H38N2O5S/c1-5-34-16-6-14-29(27(31)22-9-10-22)19-26(30)28(18-23-11-7-20(2)35-23)15-13-21-8-12-24(32-3)25(17-21)33-4/h7-8,11-12,17,22H,5-6,9-10,13-16,18-19H2,1-4H3. The van der Waals surface area contributed by atoms with Crippen LogP contribution in [0.3, 0.4) is 0 Å². The number of rotatable bonds is 15. The molecule has 1 aliphatic carbocycles. The van der Waals surface area contributed by atoms with E-state index in [4.69, 9.17) is 14.2 Å². The van der Waals surface area contributed by atoms with Gasteiger partial charge in [-0.3, -0.25) is 9.59 Å². The average molecular weight is 503 g/mol. The first-order valence-corrected chi connectivity index (χ1v) is 13.2. The maximum atomic E-state index is 13.5. The molecule has 0 bridgehead atoms. The van der Waals surface area contributed by atoms with E-state index in [1.807, 2.05) is 30.0 Å². The number of methoxy groups -OCH3 is 2. The van der Waals surface area contributed by atoms with Gasteiger partial charge >= 0.3 is 0 Å². The van der Waals surface area contributed by atoms with E-state index < -0.39 is 0 Å². The van der Waals surface area contributed by atoms with E-state index in [1.54, 1.807) is 30.5 Å². The van der Waals surface area contributed by atoms with Gasteiger partial charge in [0, 0.05) is 42.0 Å². The molecule has 0 unspecified atom stereocenters. The predicted octanol–water partition coefficient (Wildman–Crippen LogP) is 4.31. The summed E-state index contributed by atoms with van der Waals surface area (Å²) in [6, 6.07) is 9.99. The third-order valence-corrected chi connectivity index (χ3v) is 7.08. The SMILES string of the molecule is CCOCCCN(CC(=O)N(CCc1ccc(OC)c(OC)c1)Cc1ccc(C)s1)C(=O)C1CC1. The van der Waals surface area contributed by atoms with E-state index in [9.17, 15) is 9.59 Å². The molecule has 1 aromatic heterocycles. The van der Waals surface area contributed by atoms with Crippen molar-refractivity contribution < 1.29 is 23.8 Å². The van der Waals surface area contributed by atoms with Gasteiger partial charge < -0.3 is 24.0 Å². The van der Waals surface area contributed by atoms with E-state index in [0.29, 0.717) is 50.8 Å². The molecule has 0 radical (unpaired) electrons. The first-order chi connectivity index (χ1) is 16.9. The summed E-state index contributed by atoms with van der Waals surface area (Å²) in [6.45, 7) is 7.01. The number of thiophene rings is 1. The van der Waals surface area contributed by atoms with Crippen LogP contribution in [-0.2, 0) is 27.3 Å². The van der Waals surface area contributed by atoms with Gasteiger partial charge in [-0.1, -0.05) is 6.07 Å². The lowest BCUT2D eigenvalue weighted by atomic mass is 10.1. The number of carbonyl (C=O) groups excluding carboxylic acids is 2. The molecule has 0 spiro atoms. The Labute approximate surface area is 213 Å². The molecular formula is C27H38N2O5S. The van der Waals surface area contributed by atoms with Gasteiger partial charge in [0.15, 0.2) is 11.5 Å². The van der Waals surface area contributed by atoms with Crippen LogP contribution in [0.25, 0.3) is 0 Å². The Morgan fingerprint density at radius 1 is 1.03 bits per heavy atom. The highest BCUT2D eigenvalue weighted by Gasteiger charge is 2.34. The number of carbonyl (C=O) groups is 2. The zero-order valence-electron chi connectivity index (χ0n) is 21.4. The summed E-state index contributed by atoms with van der Waals surface area (Å²) in [6.07, 6.45) is 3.26. The van der Waals surface area contributed by atoms with Crippen LogP contribution in [0.15, 0.2) is 30.3 Å². The fourth-order valence-corrected chi connectivity index (χ4v) is 4.88. The summed E-state index contributed by atoms with van der Waals surface area (Å²) in [5.74, 6) is 1.51. The molecule has 1 fully saturated rings. The van der Waals surface area contributed by atoms with Gasteiger partial charge in [0.1, 0.15) is 0 Å². The highest BCUT2D eigenvalue weighted by Crippen LogP contribution is 2.31. The number of ether oxygens (including phenoxy) is 3. The largest absolute Gasteiger partial charge is 0.493 e. The third kappa shape index (κ3) is 8.25. The van der Waals surface area contributed by atoms with Crippen molar-refractivity contribution >= 4 is 23.2 Å². The fourth-order valence-electron chi connectivity index (χ4n) is 3.97. The van der Waals surface area contributed by atoms with Gasteiger partial charge in [-0.15, -0.1) is 11.3 Å². The van der Waals surface area contributed by atoms with Crippen LogP contribution < -0.4 is 9.47 Å². The Morgan fingerprint density at radius 3 is 2.43 bits per heavy atom. The molecule has 0 N–H and O–H groups in total. The lowest BCUT2D eigenvalue weighted by molar-refractivity contribution is -0.141. The van der Waals surface area contributed by atoms with Gasteiger partial charge in [-0.2, -0.15) is 0 Å². The van der Waals surface area contributed by atoms with Crippen LogP contribution in [0.5, 0.6) is 11.5 Å². The molecule has 1 saturated carbocycles.